The van der Waals surface area contributed by atoms with Crippen molar-refractivity contribution in [3.05, 3.63) is 15.9 Å². The number of hydrazine groups is 1. The van der Waals surface area contributed by atoms with Crippen LogP contribution in [-0.2, 0) is 19.9 Å². The van der Waals surface area contributed by atoms with Gasteiger partial charge in [-0.15, -0.1) is 0 Å². The van der Waals surface area contributed by atoms with E-state index in [9.17, 15) is 0 Å². The second-order valence-electron chi connectivity index (χ2n) is 3.91. The molecule has 3 N–H and O–H groups in total. The zero-order valence-corrected chi connectivity index (χ0v) is 13.1. The minimum atomic E-state index is 0.288. The van der Waals surface area contributed by atoms with Crippen LogP contribution < -0.4 is 11.3 Å². The van der Waals surface area contributed by atoms with Crippen molar-refractivity contribution in [3.63, 3.8) is 0 Å². The highest BCUT2D eigenvalue weighted by atomic mass is 79.9. The summed E-state index contributed by atoms with van der Waals surface area (Å²) in [5.74, 6) is 7.73. The van der Waals surface area contributed by atoms with Crippen molar-refractivity contribution in [2.45, 2.75) is 32.7 Å². The van der Waals surface area contributed by atoms with Crippen LogP contribution in [0.2, 0.25) is 0 Å². The topological polar surface area (TPSA) is 55.9 Å². The Kier molecular flexibility index (Phi) is 6.54. The van der Waals surface area contributed by atoms with E-state index in [1.807, 2.05) is 23.5 Å². The Hall–Kier alpha value is -0.0400. The van der Waals surface area contributed by atoms with Gasteiger partial charge in [-0.1, -0.05) is 13.8 Å². The van der Waals surface area contributed by atoms with Crippen LogP contribution in [0.4, 0.5) is 0 Å². The summed E-state index contributed by atoms with van der Waals surface area (Å²) in [5.41, 5.74) is 5.21. The summed E-state index contributed by atoms with van der Waals surface area (Å²) in [4.78, 5) is 0. The Bertz CT molecular complexity index is 353. The van der Waals surface area contributed by atoms with Gasteiger partial charge in [0.25, 0.3) is 0 Å². The monoisotopic (exact) mass is 320 g/mol. The third-order valence-corrected chi connectivity index (χ3v) is 4.66. The van der Waals surface area contributed by atoms with Crippen molar-refractivity contribution >= 4 is 27.7 Å². The summed E-state index contributed by atoms with van der Waals surface area (Å²) in [6, 6.07) is 0.288. The van der Waals surface area contributed by atoms with Crippen LogP contribution in [0.25, 0.3) is 0 Å². The number of halogens is 1. The average molecular weight is 321 g/mol. The molecule has 4 nitrogen and oxygen atoms in total. The van der Waals surface area contributed by atoms with Crippen LogP contribution in [0.3, 0.4) is 0 Å². The molecule has 0 fully saturated rings. The summed E-state index contributed by atoms with van der Waals surface area (Å²) < 4.78 is 3.08. The number of hydrogen-bond donors (Lipinski definition) is 2. The van der Waals surface area contributed by atoms with Gasteiger partial charge in [-0.2, -0.15) is 16.9 Å². The fourth-order valence-corrected chi connectivity index (χ4v) is 3.21. The van der Waals surface area contributed by atoms with E-state index in [0.717, 1.165) is 34.5 Å². The zero-order valence-electron chi connectivity index (χ0n) is 10.7. The first-order chi connectivity index (χ1) is 8.13. The van der Waals surface area contributed by atoms with E-state index in [0.29, 0.717) is 0 Å². The number of aryl methyl sites for hydroxylation is 2. The number of nitrogens with zero attached hydrogens (tertiary/aromatic N) is 2. The zero-order chi connectivity index (χ0) is 12.8. The normalized spacial score (nSPS) is 13.0. The van der Waals surface area contributed by atoms with E-state index in [4.69, 9.17) is 5.84 Å². The SMILES string of the molecule is CCSCC(Cc1c(Br)c(CC)nn1C)NN. The average Bonchev–Trinajstić information content (AvgIpc) is 2.60. The van der Waals surface area contributed by atoms with E-state index in [-0.39, 0.29) is 6.04 Å². The molecule has 0 aliphatic carbocycles. The molecule has 98 valence electrons. The van der Waals surface area contributed by atoms with Crippen LogP contribution >= 0.6 is 27.7 Å². The molecule has 1 heterocycles. The lowest BCUT2D eigenvalue weighted by Gasteiger charge is -2.15. The van der Waals surface area contributed by atoms with E-state index < -0.39 is 0 Å². The van der Waals surface area contributed by atoms with Gasteiger partial charge < -0.3 is 0 Å². The number of thioether (sulfide) groups is 1. The van der Waals surface area contributed by atoms with Gasteiger partial charge in [0.2, 0.25) is 0 Å². The van der Waals surface area contributed by atoms with Gasteiger partial charge in [0.15, 0.2) is 0 Å². The summed E-state index contributed by atoms with van der Waals surface area (Å²) >= 11 is 5.53. The summed E-state index contributed by atoms with van der Waals surface area (Å²) in [7, 11) is 1.99. The highest BCUT2D eigenvalue weighted by Gasteiger charge is 2.16. The molecule has 17 heavy (non-hydrogen) atoms. The number of hydrogen-bond acceptors (Lipinski definition) is 4. The molecular formula is C11H21BrN4S. The van der Waals surface area contributed by atoms with Gasteiger partial charge in [0.1, 0.15) is 0 Å². The molecule has 0 saturated heterocycles. The third-order valence-electron chi connectivity index (χ3n) is 2.70. The quantitative estimate of drug-likeness (QED) is 0.595. The predicted molar refractivity (Wildman–Crippen MR) is 78.1 cm³/mol. The fourth-order valence-electron chi connectivity index (χ4n) is 1.70. The molecule has 0 saturated carbocycles. The maximum absolute atomic E-state index is 5.59. The lowest BCUT2D eigenvalue weighted by atomic mass is 10.1. The lowest BCUT2D eigenvalue weighted by molar-refractivity contribution is 0.549. The molecule has 1 unspecified atom stereocenters. The molecule has 1 rings (SSSR count). The van der Waals surface area contributed by atoms with Gasteiger partial charge in [-0.3, -0.25) is 16.0 Å². The van der Waals surface area contributed by atoms with Crippen molar-refractivity contribution in [2.24, 2.45) is 12.9 Å². The molecule has 0 aliphatic heterocycles. The molecule has 1 atom stereocenters. The fraction of sp³-hybridized carbons (Fsp3) is 0.727. The highest BCUT2D eigenvalue weighted by Crippen LogP contribution is 2.23. The number of rotatable bonds is 7. The Morgan fingerprint density at radius 2 is 2.24 bits per heavy atom. The molecule has 0 aliphatic rings. The first-order valence-corrected chi connectivity index (χ1v) is 7.82. The summed E-state index contributed by atoms with van der Waals surface area (Å²) in [6.07, 6.45) is 1.84. The summed E-state index contributed by atoms with van der Waals surface area (Å²) in [5, 5.41) is 4.49. The van der Waals surface area contributed by atoms with E-state index in [1.54, 1.807) is 0 Å². The van der Waals surface area contributed by atoms with Gasteiger partial charge in [-0.05, 0) is 28.1 Å². The lowest BCUT2D eigenvalue weighted by Crippen LogP contribution is -2.39. The van der Waals surface area contributed by atoms with Crippen molar-refractivity contribution in [1.82, 2.24) is 15.2 Å². The Labute approximate surface area is 116 Å². The Morgan fingerprint density at radius 1 is 1.53 bits per heavy atom. The van der Waals surface area contributed by atoms with Crippen LogP contribution in [0.15, 0.2) is 4.47 Å². The molecule has 0 bridgehead atoms. The second-order valence-corrected chi connectivity index (χ2v) is 6.02. The van der Waals surface area contributed by atoms with Crippen molar-refractivity contribution in [1.29, 1.82) is 0 Å². The van der Waals surface area contributed by atoms with Crippen molar-refractivity contribution in [3.8, 4) is 0 Å². The first-order valence-electron chi connectivity index (χ1n) is 5.88. The van der Waals surface area contributed by atoms with Crippen molar-refractivity contribution in [2.75, 3.05) is 11.5 Å². The molecule has 6 heteroatoms. The highest BCUT2D eigenvalue weighted by molar-refractivity contribution is 9.10. The van der Waals surface area contributed by atoms with Gasteiger partial charge >= 0.3 is 0 Å². The van der Waals surface area contributed by atoms with Gasteiger partial charge in [-0.25, -0.2) is 0 Å². The summed E-state index contributed by atoms with van der Waals surface area (Å²) in [6.45, 7) is 4.27. The van der Waals surface area contributed by atoms with Crippen LogP contribution in [0.5, 0.6) is 0 Å². The smallest absolute Gasteiger partial charge is 0.0766 e. The van der Waals surface area contributed by atoms with Crippen LogP contribution in [0.1, 0.15) is 25.2 Å². The van der Waals surface area contributed by atoms with Gasteiger partial charge in [0, 0.05) is 25.3 Å². The first kappa shape index (κ1) is 15.0. The molecular weight excluding hydrogens is 300 g/mol. The number of nitrogens with two attached hydrogens (primary N) is 1. The molecule has 0 aromatic carbocycles. The van der Waals surface area contributed by atoms with E-state index >= 15 is 0 Å². The molecule has 1 aromatic rings. The predicted octanol–water partition coefficient (Wildman–Crippen LogP) is 1.87. The van der Waals surface area contributed by atoms with Crippen LogP contribution in [0, 0.1) is 0 Å². The molecule has 0 amide bonds. The largest absolute Gasteiger partial charge is 0.271 e. The third kappa shape index (κ3) is 3.98. The molecule has 0 radical (unpaired) electrons. The molecule has 1 aromatic heterocycles. The molecule has 0 spiro atoms. The van der Waals surface area contributed by atoms with E-state index in [1.165, 1.54) is 5.69 Å². The van der Waals surface area contributed by atoms with E-state index in [2.05, 4.69) is 40.3 Å². The van der Waals surface area contributed by atoms with Gasteiger partial charge in [0.05, 0.1) is 15.9 Å². The number of nitrogens with one attached hydrogen (secondary N) is 1. The minimum Gasteiger partial charge on any atom is -0.271 e. The second kappa shape index (κ2) is 7.41. The standard InChI is InChI=1S/C11H21BrN4S/c1-4-9-11(12)10(16(3)15-9)6-8(14-13)7-17-5-2/h8,14H,4-7,13H2,1-3H3. The minimum absolute atomic E-state index is 0.288. The maximum Gasteiger partial charge on any atom is 0.0766 e. The van der Waals surface area contributed by atoms with Crippen LogP contribution in [-0.4, -0.2) is 27.3 Å². The Morgan fingerprint density at radius 3 is 2.71 bits per heavy atom. The number of aromatic nitrogens is 2. The van der Waals surface area contributed by atoms with Crippen molar-refractivity contribution < 1.29 is 0 Å². The maximum atomic E-state index is 5.59. The Balaban J connectivity index is 2.75.